The third-order valence-electron chi connectivity index (χ3n) is 3.30. The molecule has 0 heterocycles. The van der Waals surface area contributed by atoms with E-state index in [0.29, 0.717) is 11.6 Å². The van der Waals surface area contributed by atoms with Crippen LogP contribution < -0.4 is 5.32 Å². The first-order chi connectivity index (χ1) is 9.02. The smallest absolute Gasteiger partial charge is 0.238 e. The Labute approximate surface area is 112 Å². The molecule has 0 bridgehead atoms. The quantitative estimate of drug-likeness (QED) is 0.848. The number of benzene rings is 1. The second-order valence-corrected chi connectivity index (χ2v) is 5.25. The van der Waals surface area contributed by atoms with Gasteiger partial charge in [-0.2, -0.15) is 0 Å². The average molecular weight is 266 g/mol. The van der Waals surface area contributed by atoms with E-state index in [1.54, 1.807) is 12.1 Å². The Morgan fingerprint density at radius 1 is 1.53 bits per heavy atom. The highest BCUT2D eigenvalue weighted by atomic mass is 19.1. The Bertz CT molecular complexity index is 447. The van der Waals surface area contributed by atoms with Crippen LogP contribution in [0.3, 0.4) is 0 Å². The summed E-state index contributed by atoms with van der Waals surface area (Å²) in [6.45, 7) is 1.07. The molecule has 1 saturated carbocycles. The van der Waals surface area contributed by atoms with E-state index >= 15 is 0 Å². The van der Waals surface area contributed by atoms with Crippen molar-refractivity contribution in [3.63, 3.8) is 0 Å². The van der Waals surface area contributed by atoms with Crippen molar-refractivity contribution in [1.82, 2.24) is 4.90 Å². The number of halogens is 1. The maximum absolute atomic E-state index is 13.0. The number of hydrogen-bond acceptors (Lipinski definition) is 3. The van der Waals surface area contributed by atoms with E-state index in [4.69, 9.17) is 0 Å². The van der Waals surface area contributed by atoms with E-state index in [1.165, 1.54) is 12.1 Å². The highest BCUT2D eigenvalue weighted by molar-refractivity contribution is 5.92. The van der Waals surface area contributed by atoms with Crippen LogP contribution in [0.5, 0.6) is 0 Å². The lowest BCUT2D eigenvalue weighted by Crippen LogP contribution is -2.39. The molecule has 0 atom stereocenters. The minimum Gasteiger partial charge on any atom is -0.393 e. The summed E-state index contributed by atoms with van der Waals surface area (Å²) in [6, 6.07) is 5.84. The molecule has 0 radical (unpaired) electrons. The molecule has 4 nitrogen and oxygen atoms in total. The maximum atomic E-state index is 13.0. The summed E-state index contributed by atoms with van der Waals surface area (Å²) in [7, 11) is 1.87. The largest absolute Gasteiger partial charge is 0.393 e. The summed E-state index contributed by atoms with van der Waals surface area (Å²) < 4.78 is 13.0. The number of rotatable bonds is 5. The van der Waals surface area contributed by atoms with Crippen LogP contribution in [0.2, 0.25) is 0 Å². The Kier molecular flexibility index (Phi) is 4.50. The lowest BCUT2D eigenvalue weighted by molar-refractivity contribution is -0.117. The van der Waals surface area contributed by atoms with Crippen LogP contribution in [0, 0.1) is 11.7 Å². The number of likely N-dealkylation sites (N-methyl/N-ethyl adjacent to an activating group) is 1. The van der Waals surface area contributed by atoms with E-state index in [9.17, 15) is 14.3 Å². The standard InChI is InChI=1S/C14H19FN2O2/c1-17(8-10-5-13(18)6-10)9-14(19)16-12-4-2-3-11(15)7-12/h2-4,7,10,13,18H,5-6,8-9H2,1H3,(H,16,19). The summed E-state index contributed by atoms with van der Waals surface area (Å²) in [5.74, 6) is -0.0513. The van der Waals surface area contributed by atoms with E-state index < -0.39 is 0 Å². The number of hydrogen-bond donors (Lipinski definition) is 2. The van der Waals surface area contributed by atoms with Crippen molar-refractivity contribution in [2.75, 3.05) is 25.5 Å². The van der Waals surface area contributed by atoms with Crippen LogP contribution in [0.15, 0.2) is 24.3 Å². The van der Waals surface area contributed by atoms with Gasteiger partial charge >= 0.3 is 0 Å². The van der Waals surface area contributed by atoms with E-state index in [0.717, 1.165) is 19.4 Å². The monoisotopic (exact) mass is 266 g/mol. The molecule has 1 fully saturated rings. The number of amides is 1. The fourth-order valence-corrected chi connectivity index (χ4v) is 2.37. The molecule has 19 heavy (non-hydrogen) atoms. The van der Waals surface area contributed by atoms with Crippen molar-refractivity contribution in [2.45, 2.75) is 18.9 Å². The molecular formula is C14H19FN2O2. The van der Waals surface area contributed by atoms with Gasteiger partial charge in [0.2, 0.25) is 5.91 Å². The van der Waals surface area contributed by atoms with Crippen molar-refractivity contribution in [3.8, 4) is 0 Å². The Hall–Kier alpha value is -1.46. The molecule has 1 aromatic rings. The molecule has 0 unspecified atom stereocenters. The molecule has 0 saturated heterocycles. The Morgan fingerprint density at radius 3 is 2.89 bits per heavy atom. The molecule has 1 aliphatic carbocycles. The van der Waals surface area contributed by atoms with Gasteiger partial charge in [-0.05, 0) is 44.0 Å². The maximum Gasteiger partial charge on any atom is 0.238 e. The Morgan fingerprint density at radius 2 is 2.26 bits per heavy atom. The lowest BCUT2D eigenvalue weighted by Gasteiger charge is -2.34. The first-order valence-electron chi connectivity index (χ1n) is 6.45. The zero-order valence-electron chi connectivity index (χ0n) is 11.0. The molecule has 2 N–H and O–H groups in total. The fourth-order valence-electron chi connectivity index (χ4n) is 2.37. The summed E-state index contributed by atoms with van der Waals surface area (Å²) in [4.78, 5) is 13.7. The fraction of sp³-hybridized carbons (Fsp3) is 0.500. The van der Waals surface area contributed by atoms with Crippen molar-refractivity contribution < 1.29 is 14.3 Å². The van der Waals surface area contributed by atoms with Gasteiger partial charge in [0, 0.05) is 12.2 Å². The van der Waals surface area contributed by atoms with Gasteiger partial charge in [0.1, 0.15) is 5.82 Å². The number of carbonyl (C=O) groups excluding carboxylic acids is 1. The van der Waals surface area contributed by atoms with Gasteiger partial charge in [-0.15, -0.1) is 0 Å². The summed E-state index contributed by atoms with van der Waals surface area (Å²) in [5.41, 5.74) is 0.470. The Balaban J connectivity index is 1.74. The highest BCUT2D eigenvalue weighted by Crippen LogP contribution is 2.27. The van der Waals surface area contributed by atoms with Gasteiger partial charge in [-0.1, -0.05) is 6.07 Å². The molecule has 0 spiro atoms. The van der Waals surface area contributed by atoms with Crippen molar-refractivity contribution in [1.29, 1.82) is 0 Å². The minimum absolute atomic E-state index is 0.159. The van der Waals surface area contributed by atoms with Crippen LogP contribution in [0.25, 0.3) is 0 Å². The third-order valence-corrected chi connectivity index (χ3v) is 3.30. The summed E-state index contributed by atoms with van der Waals surface area (Å²) in [6.07, 6.45) is 1.46. The van der Waals surface area contributed by atoms with E-state index in [2.05, 4.69) is 5.32 Å². The SMILES string of the molecule is CN(CC(=O)Nc1cccc(F)c1)CC1CC(O)C1. The van der Waals surface area contributed by atoms with Gasteiger partial charge in [-0.3, -0.25) is 9.69 Å². The molecule has 0 aromatic heterocycles. The van der Waals surface area contributed by atoms with Gasteiger partial charge in [0.25, 0.3) is 0 Å². The number of anilines is 1. The molecule has 2 rings (SSSR count). The van der Waals surface area contributed by atoms with Crippen molar-refractivity contribution >= 4 is 11.6 Å². The average Bonchev–Trinajstić information content (AvgIpc) is 2.26. The molecular weight excluding hydrogens is 247 g/mol. The van der Waals surface area contributed by atoms with Crippen LogP contribution in [-0.4, -0.2) is 42.2 Å². The van der Waals surface area contributed by atoms with Gasteiger partial charge in [-0.25, -0.2) is 4.39 Å². The predicted octanol–water partition coefficient (Wildman–Crippen LogP) is 1.47. The molecule has 1 aromatic carbocycles. The van der Waals surface area contributed by atoms with Crippen LogP contribution in [0.1, 0.15) is 12.8 Å². The molecule has 5 heteroatoms. The third kappa shape index (κ3) is 4.29. The summed E-state index contributed by atoms with van der Waals surface area (Å²) >= 11 is 0. The number of aliphatic hydroxyl groups is 1. The normalized spacial score (nSPS) is 22.1. The predicted molar refractivity (Wildman–Crippen MR) is 71.3 cm³/mol. The first-order valence-corrected chi connectivity index (χ1v) is 6.45. The highest BCUT2D eigenvalue weighted by Gasteiger charge is 2.28. The van der Waals surface area contributed by atoms with Crippen molar-refractivity contribution in [3.05, 3.63) is 30.1 Å². The number of carbonyl (C=O) groups is 1. The molecule has 1 aliphatic rings. The second kappa shape index (κ2) is 6.12. The van der Waals surface area contributed by atoms with Gasteiger partial charge in [0.05, 0.1) is 12.6 Å². The number of nitrogens with one attached hydrogen (secondary N) is 1. The van der Waals surface area contributed by atoms with Gasteiger partial charge in [0.15, 0.2) is 0 Å². The number of nitrogens with zero attached hydrogens (tertiary/aromatic N) is 1. The second-order valence-electron chi connectivity index (χ2n) is 5.25. The van der Waals surface area contributed by atoms with Crippen LogP contribution in [-0.2, 0) is 4.79 Å². The van der Waals surface area contributed by atoms with E-state index in [1.807, 2.05) is 11.9 Å². The zero-order valence-corrected chi connectivity index (χ0v) is 11.0. The lowest BCUT2D eigenvalue weighted by atomic mass is 9.82. The minimum atomic E-state index is -0.366. The molecule has 1 amide bonds. The van der Waals surface area contributed by atoms with Crippen LogP contribution >= 0.6 is 0 Å². The van der Waals surface area contributed by atoms with Crippen LogP contribution in [0.4, 0.5) is 10.1 Å². The topological polar surface area (TPSA) is 52.6 Å². The summed E-state index contributed by atoms with van der Waals surface area (Å²) in [5, 5.41) is 11.9. The van der Waals surface area contributed by atoms with Crippen molar-refractivity contribution in [2.24, 2.45) is 5.92 Å². The van der Waals surface area contributed by atoms with E-state index in [-0.39, 0.29) is 24.4 Å². The first kappa shape index (κ1) is 14.0. The zero-order chi connectivity index (χ0) is 13.8. The van der Waals surface area contributed by atoms with Gasteiger partial charge < -0.3 is 10.4 Å². The number of aliphatic hydroxyl groups excluding tert-OH is 1. The molecule has 104 valence electrons. The molecule has 0 aliphatic heterocycles.